The molecular weight excluding hydrogens is 472 g/mol. The highest BCUT2D eigenvalue weighted by Gasteiger charge is 2.56. The molecule has 2 rings (SSSR count). The van der Waals surface area contributed by atoms with Crippen molar-refractivity contribution in [3.8, 4) is 0 Å². The molecule has 2 heterocycles. The largest absolute Gasteiger partial charge is 0.394 e. The van der Waals surface area contributed by atoms with Gasteiger partial charge < -0.3 is 80.2 Å². The number of ether oxygens (including phenoxy) is 4. The molecule has 0 unspecified atom stereocenters. The molecule has 0 bridgehead atoms. The molecule has 16 heteroatoms. The molecular formula is C18H34O16. The van der Waals surface area contributed by atoms with Crippen LogP contribution >= 0.6 is 0 Å². The lowest BCUT2D eigenvalue weighted by Crippen LogP contribution is -2.54. The van der Waals surface area contributed by atoms with E-state index in [0.29, 0.717) is 0 Å². The topological polar surface area (TPSA) is 280 Å². The van der Waals surface area contributed by atoms with Gasteiger partial charge in [-0.3, -0.25) is 0 Å². The van der Waals surface area contributed by atoms with Gasteiger partial charge in [-0.1, -0.05) is 0 Å². The molecule has 0 aromatic heterocycles. The van der Waals surface area contributed by atoms with Crippen LogP contribution in [0.1, 0.15) is 0 Å². The van der Waals surface area contributed by atoms with E-state index in [9.17, 15) is 51.1 Å². The van der Waals surface area contributed by atoms with E-state index in [-0.39, 0.29) is 0 Å². The maximum absolute atomic E-state index is 10.1. The van der Waals surface area contributed by atoms with Gasteiger partial charge in [-0.25, -0.2) is 0 Å². The first-order chi connectivity index (χ1) is 15.9. The molecule has 0 spiro atoms. The Balaban J connectivity index is 1.93. The van der Waals surface area contributed by atoms with Gasteiger partial charge in [-0.15, -0.1) is 0 Å². The summed E-state index contributed by atoms with van der Waals surface area (Å²) >= 11 is 0. The van der Waals surface area contributed by atoms with Crippen LogP contribution < -0.4 is 0 Å². The van der Waals surface area contributed by atoms with Crippen molar-refractivity contribution < 1.29 is 80.2 Å². The third kappa shape index (κ3) is 5.68. The third-order valence-electron chi connectivity index (χ3n) is 5.95. The number of aliphatic hydroxyl groups excluding tert-OH is 12. The third-order valence-corrected chi connectivity index (χ3v) is 5.95. The van der Waals surface area contributed by atoms with Crippen molar-refractivity contribution in [1.82, 2.24) is 0 Å². The molecule has 12 N–H and O–H groups in total. The molecule has 34 heavy (non-hydrogen) atoms. The van der Waals surface area contributed by atoms with Crippen LogP contribution in [0.25, 0.3) is 0 Å². The van der Waals surface area contributed by atoms with Crippen LogP contribution in [0.15, 0.2) is 0 Å². The second kappa shape index (κ2) is 12.1. The fourth-order valence-corrected chi connectivity index (χ4v) is 3.71. The van der Waals surface area contributed by atoms with Crippen LogP contribution in [0, 0.1) is 0 Å². The zero-order chi connectivity index (χ0) is 25.8. The predicted molar refractivity (Wildman–Crippen MR) is 104 cm³/mol. The summed E-state index contributed by atoms with van der Waals surface area (Å²) < 4.78 is 20.5. The Morgan fingerprint density at radius 3 is 1.18 bits per heavy atom. The number of hydrogen-bond donors (Lipinski definition) is 12. The molecule has 0 aliphatic carbocycles. The smallest absolute Gasteiger partial charge is 0.221 e. The van der Waals surface area contributed by atoms with Crippen molar-refractivity contribution in [1.29, 1.82) is 0 Å². The number of rotatable bonds is 13. The maximum Gasteiger partial charge on any atom is 0.221 e. The second-order valence-corrected chi connectivity index (χ2v) is 8.23. The van der Waals surface area contributed by atoms with Gasteiger partial charge in [0.2, 0.25) is 11.6 Å². The van der Waals surface area contributed by atoms with Crippen LogP contribution in [0.4, 0.5) is 0 Å². The van der Waals surface area contributed by atoms with Gasteiger partial charge in [-0.05, 0) is 0 Å². The lowest BCUT2D eigenvalue weighted by Gasteiger charge is -2.34. The van der Waals surface area contributed by atoms with Gasteiger partial charge in [0.1, 0.15) is 74.3 Å². The fraction of sp³-hybridized carbons (Fsp3) is 1.00. The van der Waals surface area contributed by atoms with Gasteiger partial charge >= 0.3 is 0 Å². The summed E-state index contributed by atoms with van der Waals surface area (Å²) in [6, 6.07) is 0. The van der Waals surface area contributed by atoms with E-state index >= 15 is 0 Å². The zero-order valence-corrected chi connectivity index (χ0v) is 18.0. The van der Waals surface area contributed by atoms with Gasteiger partial charge in [0.05, 0.1) is 26.4 Å². The summed E-state index contributed by atoms with van der Waals surface area (Å²) in [6.45, 7) is -5.19. The molecule has 12 atom stereocenters. The van der Waals surface area contributed by atoms with Crippen LogP contribution in [-0.4, -0.2) is 174 Å². The molecule has 16 nitrogen and oxygen atoms in total. The molecule has 0 amide bonds. The van der Waals surface area contributed by atoms with Crippen LogP contribution in [0.3, 0.4) is 0 Å². The quantitative estimate of drug-likeness (QED) is 0.110. The first-order valence-corrected chi connectivity index (χ1v) is 10.4. The van der Waals surface area contributed by atoms with Crippen LogP contribution in [0.5, 0.6) is 0 Å². The van der Waals surface area contributed by atoms with Crippen LogP contribution in [-0.2, 0) is 18.9 Å². The standard InChI is InChI=1S/C18H34O16/c19-1-9-13(27)15(29)17(5-21,33-9)31-3-7(23)11(25)12(26)8(24)4-32-18(6-22)16(30)14(28)10(2-20)34-18/h7-16,19-30H,1-6H2/t7-,8-,9-,10-,11-,12-,13-,14-,15+,16+,17-,18-/m1/s1. The Bertz CT molecular complexity index is 575. The molecule has 0 radical (unpaired) electrons. The highest BCUT2D eigenvalue weighted by Crippen LogP contribution is 2.34. The minimum atomic E-state index is -2.24. The summed E-state index contributed by atoms with van der Waals surface area (Å²) in [4.78, 5) is 0. The highest BCUT2D eigenvalue weighted by molar-refractivity contribution is 4.98. The Labute approximate surface area is 193 Å². The normalized spacial score (nSPS) is 42.0. The zero-order valence-electron chi connectivity index (χ0n) is 18.0. The van der Waals surface area contributed by atoms with E-state index in [0.717, 1.165) is 0 Å². The summed E-state index contributed by atoms with van der Waals surface area (Å²) in [5, 5.41) is 118. The van der Waals surface area contributed by atoms with Gasteiger partial charge in [0, 0.05) is 0 Å². The van der Waals surface area contributed by atoms with E-state index in [1.807, 2.05) is 0 Å². The molecule has 2 saturated heterocycles. The number of hydrogen-bond acceptors (Lipinski definition) is 16. The Hall–Kier alpha value is -0.640. The second-order valence-electron chi connectivity index (χ2n) is 8.23. The summed E-state index contributed by atoms with van der Waals surface area (Å²) in [5.74, 6) is -4.48. The van der Waals surface area contributed by atoms with Crippen molar-refractivity contribution >= 4 is 0 Å². The molecule has 2 aliphatic rings. The van der Waals surface area contributed by atoms with E-state index in [4.69, 9.17) is 29.2 Å². The first kappa shape index (κ1) is 29.6. The summed E-state index contributed by atoms with van der Waals surface area (Å²) in [5.41, 5.74) is 0. The maximum atomic E-state index is 10.1. The van der Waals surface area contributed by atoms with Crippen molar-refractivity contribution in [2.45, 2.75) is 72.6 Å². The SMILES string of the molecule is OC[C@H]1O[C@@](CO)(OC[C@@H](O)[C@@H](O)[C@H](O)[C@H](O)CO[C@]2(CO)O[C@H](CO)[C@@H](O)[C@@H]2O)[C@@H](O)[C@@H]1O. The summed E-state index contributed by atoms with van der Waals surface area (Å²) in [7, 11) is 0. The van der Waals surface area contributed by atoms with Gasteiger partial charge in [0.25, 0.3) is 0 Å². The van der Waals surface area contributed by atoms with Crippen molar-refractivity contribution in [2.24, 2.45) is 0 Å². The lowest BCUT2D eigenvalue weighted by atomic mass is 10.0. The summed E-state index contributed by atoms with van der Waals surface area (Å²) in [6.07, 6.45) is -17.6. The molecule has 0 aromatic rings. The molecule has 0 saturated carbocycles. The molecule has 202 valence electrons. The lowest BCUT2D eigenvalue weighted by molar-refractivity contribution is -0.292. The molecule has 2 aliphatic heterocycles. The Kier molecular flexibility index (Phi) is 10.5. The Morgan fingerprint density at radius 1 is 0.618 bits per heavy atom. The predicted octanol–water partition coefficient (Wildman–Crippen LogP) is -7.93. The van der Waals surface area contributed by atoms with E-state index in [1.54, 1.807) is 0 Å². The monoisotopic (exact) mass is 506 g/mol. The van der Waals surface area contributed by atoms with E-state index < -0.39 is 112 Å². The van der Waals surface area contributed by atoms with Gasteiger partial charge in [0.15, 0.2) is 0 Å². The first-order valence-electron chi connectivity index (χ1n) is 10.4. The highest BCUT2D eigenvalue weighted by atomic mass is 16.7. The average molecular weight is 506 g/mol. The average Bonchev–Trinajstić information content (AvgIpc) is 3.25. The van der Waals surface area contributed by atoms with Crippen molar-refractivity contribution in [3.05, 3.63) is 0 Å². The minimum Gasteiger partial charge on any atom is -0.394 e. The van der Waals surface area contributed by atoms with Crippen LogP contribution in [0.2, 0.25) is 0 Å². The number of aliphatic hydroxyl groups is 12. The minimum absolute atomic E-state index is 0.719. The fourth-order valence-electron chi connectivity index (χ4n) is 3.71. The van der Waals surface area contributed by atoms with Crippen molar-refractivity contribution in [2.75, 3.05) is 39.6 Å². The van der Waals surface area contributed by atoms with Gasteiger partial charge in [-0.2, -0.15) is 0 Å². The van der Waals surface area contributed by atoms with Crippen molar-refractivity contribution in [3.63, 3.8) is 0 Å². The molecule has 2 fully saturated rings. The molecule has 0 aromatic carbocycles. The van der Waals surface area contributed by atoms with E-state index in [1.165, 1.54) is 0 Å². The Morgan fingerprint density at radius 2 is 0.941 bits per heavy atom. The van der Waals surface area contributed by atoms with E-state index in [2.05, 4.69) is 0 Å².